The third-order valence-corrected chi connectivity index (χ3v) is 5.32. The van der Waals surface area contributed by atoms with Crippen LogP contribution in [0.15, 0.2) is 53.1 Å². The van der Waals surface area contributed by atoms with Crippen molar-refractivity contribution >= 4 is 29.9 Å². The van der Waals surface area contributed by atoms with Gasteiger partial charge in [0.1, 0.15) is 5.69 Å². The number of benzene rings is 1. The Balaban J connectivity index is 0.00000240. The molecule has 0 bridgehead atoms. The van der Waals surface area contributed by atoms with Crippen LogP contribution in [0.1, 0.15) is 23.3 Å². The summed E-state index contributed by atoms with van der Waals surface area (Å²) in [6.45, 7) is 2.44. The molecule has 154 valence electrons. The Morgan fingerprint density at radius 1 is 1.31 bits per heavy atom. The van der Waals surface area contributed by atoms with Crippen LogP contribution in [0, 0.1) is 5.92 Å². The van der Waals surface area contributed by atoms with E-state index in [1.54, 1.807) is 29.1 Å². The second-order valence-electron chi connectivity index (χ2n) is 7.10. The number of rotatable bonds is 5. The Hall–Kier alpha value is -2.28. The number of furan rings is 1. The predicted octanol–water partition coefficient (Wildman–Crippen LogP) is 4.28. The maximum Gasteiger partial charge on any atom is 0.274 e. The molecule has 3 aromatic rings. The summed E-state index contributed by atoms with van der Waals surface area (Å²) < 4.78 is 7.31. The lowest BCUT2D eigenvalue weighted by molar-refractivity contribution is 0.0668. The minimum Gasteiger partial charge on any atom is -0.463 e. The molecule has 1 saturated heterocycles. The minimum atomic E-state index is -0.0404. The van der Waals surface area contributed by atoms with Crippen molar-refractivity contribution < 1.29 is 9.21 Å². The molecule has 1 aliphatic heterocycles. The predicted molar refractivity (Wildman–Crippen MR) is 116 cm³/mol. The van der Waals surface area contributed by atoms with Gasteiger partial charge in [-0.15, -0.1) is 12.4 Å². The first kappa shape index (κ1) is 21.4. The van der Waals surface area contributed by atoms with Crippen molar-refractivity contribution in [1.82, 2.24) is 20.0 Å². The van der Waals surface area contributed by atoms with Crippen LogP contribution < -0.4 is 5.32 Å². The van der Waals surface area contributed by atoms with Gasteiger partial charge in [-0.2, -0.15) is 5.10 Å². The number of nitrogens with one attached hydrogen (secondary N) is 1. The van der Waals surface area contributed by atoms with Gasteiger partial charge in [0, 0.05) is 24.2 Å². The highest BCUT2D eigenvalue weighted by Crippen LogP contribution is 2.26. The number of carbonyl (C=O) groups is 1. The molecule has 0 radical (unpaired) electrons. The van der Waals surface area contributed by atoms with Crippen molar-refractivity contribution in [1.29, 1.82) is 0 Å². The van der Waals surface area contributed by atoms with Crippen LogP contribution in [0.2, 0.25) is 5.02 Å². The quantitative estimate of drug-likeness (QED) is 0.650. The molecular weight excluding hydrogens is 411 g/mol. The molecule has 0 aliphatic carbocycles. The summed E-state index contributed by atoms with van der Waals surface area (Å²) in [5.41, 5.74) is 1.98. The molecule has 1 unspecified atom stereocenters. The lowest BCUT2D eigenvalue weighted by Crippen LogP contribution is -2.42. The van der Waals surface area contributed by atoms with Gasteiger partial charge in [0.15, 0.2) is 11.5 Å². The molecule has 1 fully saturated rings. The summed E-state index contributed by atoms with van der Waals surface area (Å²) in [7, 11) is 1.95. The Kier molecular flexibility index (Phi) is 7.00. The number of hydrogen-bond acceptors (Lipinski definition) is 4. The van der Waals surface area contributed by atoms with Crippen LogP contribution in [0.3, 0.4) is 0 Å². The van der Waals surface area contributed by atoms with Gasteiger partial charge in [0.05, 0.1) is 12.0 Å². The zero-order chi connectivity index (χ0) is 19.5. The van der Waals surface area contributed by atoms with E-state index in [0.717, 1.165) is 43.9 Å². The number of aromatic nitrogens is 2. The Bertz CT molecular complexity index is 936. The summed E-state index contributed by atoms with van der Waals surface area (Å²) in [5.74, 6) is 1.10. The van der Waals surface area contributed by atoms with Crippen LogP contribution in [-0.2, 0) is 0 Å². The van der Waals surface area contributed by atoms with Crippen LogP contribution in [0.25, 0.3) is 17.1 Å². The normalized spacial score (nSPS) is 16.5. The number of halogens is 2. The fourth-order valence-corrected chi connectivity index (χ4v) is 3.86. The molecule has 1 aliphatic rings. The van der Waals surface area contributed by atoms with E-state index in [-0.39, 0.29) is 18.3 Å². The van der Waals surface area contributed by atoms with Gasteiger partial charge in [-0.25, -0.2) is 4.68 Å². The molecular formula is C21H24Cl2N4O2. The highest BCUT2D eigenvalue weighted by atomic mass is 35.5. The molecule has 2 aromatic heterocycles. The second kappa shape index (κ2) is 9.48. The molecule has 29 heavy (non-hydrogen) atoms. The summed E-state index contributed by atoms with van der Waals surface area (Å²) >= 11 is 6.02. The van der Waals surface area contributed by atoms with Crippen molar-refractivity contribution in [2.45, 2.75) is 12.8 Å². The van der Waals surface area contributed by atoms with Crippen molar-refractivity contribution in [3.05, 3.63) is 59.4 Å². The number of piperidine rings is 1. The lowest BCUT2D eigenvalue weighted by atomic mass is 9.98. The molecule has 1 atom stereocenters. The molecule has 1 amide bonds. The van der Waals surface area contributed by atoms with Crippen LogP contribution in [0.5, 0.6) is 0 Å². The highest BCUT2D eigenvalue weighted by Gasteiger charge is 2.27. The average Bonchev–Trinajstić information content (AvgIpc) is 3.38. The molecule has 0 saturated carbocycles. The number of nitrogens with zero attached hydrogens (tertiary/aromatic N) is 3. The number of carbonyl (C=O) groups excluding carboxylic acids is 1. The Morgan fingerprint density at radius 2 is 2.10 bits per heavy atom. The van der Waals surface area contributed by atoms with E-state index in [4.69, 9.17) is 16.0 Å². The Morgan fingerprint density at radius 3 is 2.79 bits per heavy atom. The smallest absolute Gasteiger partial charge is 0.274 e. The third kappa shape index (κ3) is 4.66. The maximum absolute atomic E-state index is 13.1. The standard InChI is InChI=1S/C21H23ClN4O2.ClH/c1-23-13-15-4-2-10-25(14-15)21(27)18-12-19(20-5-3-11-28-20)26(24-18)17-8-6-16(22)7-9-17;/h3,5-9,11-12,15,23H,2,4,10,13-14H2,1H3;1H. The van der Waals surface area contributed by atoms with E-state index >= 15 is 0 Å². The summed E-state index contributed by atoms with van der Waals surface area (Å²) in [5, 5.41) is 8.48. The van der Waals surface area contributed by atoms with Crippen molar-refractivity contribution in [2.75, 3.05) is 26.7 Å². The van der Waals surface area contributed by atoms with Gasteiger partial charge in [-0.1, -0.05) is 11.6 Å². The van der Waals surface area contributed by atoms with Crippen molar-refractivity contribution in [3.63, 3.8) is 0 Å². The average molecular weight is 435 g/mol. The topological polar surface area (TPSA) is 63.3 Å². The van der Waals surface area contributed by atoms with Gasteiger partial charge in [-0.3, -0.25) is 4.79 Å². The minimum absolute atomic E-state index is 0. The first-order chi connectivity index (χ1) is 13.7. The molecule has 6 nitrogen and oxygen atoms in total. The molecule has 4 rings (SSSR count). The molecule has 1 aromatic carbocycles. The van der Waals surface area contributed by atoms with Crippen LogP contribution in [-0.4, -0.2) is 47.3 Å². The van der Waals surface area contributed by atoms with Crippen molar-refractivity contribution in [3.8, 4) is 17.1 Å². The molecule has 3 heterocycles. The van der Waals surface area contributed by atoms with Gasteiger partial charge in [-0.05, 0) is 68.8 Å². The van der Waals surface area contributed by atoms with Crippen molar-refractivity contribution in [2.24, 2.45) is 5.92 Å². The monoisotopic (exact) mass is 434 g/mol. The number of amides is 1. The fourth-order valence-electron chi connectivity index (χ4n) is 3.73. The number of hydrogen-bond donors (Lipinski definition) is 1. The summed E-state index contributed by atoms with van der Waals surface area (Å²) in [6, 6.07) is 12.8. The van der Waals surface area contributed by atoms with E-state index in [2.05, 4.69) is 10.4 Å². The zero-order valence-corrected chi connectivity index (χ0v) is 17.7. The summed E-state index contributed by atoms with van der Waals surface area (Å²) in [4.78, 5) is 15.1. The van der Waals surface area contributed by atoms with Gasteiger partial charge in [0.2, 0.25) is 0 Å². The van der Waals surface area contributed by atoms with E-state index in [1.807, 2.05) is 36.2 Å². The number of likely N-dealkylation sites (tertiary alicyclic amines) is 1. The molecule has 0 spiro atoms. The van der Waals surface area contributed by atoms with E-state index in [9.17, 15) is 4.79 Å². The van der Waals surface area contributed by atoms with Crippen LogP contribution >= 0.6 is 24.0 Å². The highest BCUT2D eigenvalue weighted by molar-refractivity contribution is 6.30. The van der Waals surface area contributed by atoms with Crippen LogP contribution in [0.4, 0.5) is 0 Å². The van der Waals surface area contributed by atoms with Gasteiger partial charge >= 0.3 is 0 Å². The maximum atomic E-state index is 13.1. The molecule has 1 N–H and O–H groups in total. The second-order valence-corrected chi connectivity index (χ2v) is 7.53. The van der Waals surface area contributed by atoms with Gasteiger partial charge < -0.3 is 14.6 Å². The largest absolute Gasteiger partial charge is 0.463 e. The molecule has 8 heteroatoms. The van der Waals surface area contributed by atoms with E-state index in [0.29, 0.717) is 22.4 Å². The first-order valence-electron chi connectivity index (χ1n) is 9.49. The summed E-state index contributed by atoms with van der Waals surface area (Å²) in [6.07, 6.45) is 3.77. The fraction of sp³-hybridized carbons (Fsp3) is 0.333. The SMILES string of the molecule is CNCC1CCCN(C(=O)c2cc(-c3ccco3)n(-c3ccc(Cl)cc3)n2)C1.Cl. The lowest BCUT2D eigenvalue weighted by Gasteiger charge is -2.32. The third-order valence-electron chi connectivity index (χ3n) is 5.07. The first-order valence-corrected chi connectivity index (χ1v) is 9.87. The van der Waals surface area contributed by atoms with Gasteiger partial charge in [0.25, 0.3) is 5.91 Å². The van der Waals surface area contributed by atoms with E-state index < -0.39 is 0 Å². The zero-order valence-electron chi connectivity index (χ0n) is 16.2. The Labute approximate surface area is 181 Å². The van der Waals surface area contributed by atoms with E-state index in [1.165, 1.54) is 0 Å².